The van der Waals surface area contributed by atoms with Crippen LogP contribution in [0.4, 0.5) is 4.79 Å². The molecular weight excluding hydrogens is 526 g/mol. The SMILES string of the molecule is CC(C)(C)OC(=O)N1CCCCC1c1ncc(C2=CC=C(c3ccc(-c4cnc(C5NC6CCC5C6)[nH]4)cn3)CC2)[nH]1. The van der Waals surface area contributed by atoms with E-state index in [1.165, 1.54) is 30.4 Å². The van der Waals surface area contributed by atoms with E-state index < -0.39 is 5.60 Å². The molecule has 2 saturated heterocycles. The number of hydrogen-bond acceptors (Lipinski definition) is 6. The summed E-state index contributed by atoms with van der Waals surface area (Å²) in [5, 5.41) is 3.72. The highest BCUT2D eigenvalue weighted by Crippen LogP contribution is 2.42. The second-order valence-electron chi connectivity index (χ2n) is 13.3. The van der Waals surface area contributed by atoms with Crippen molar-refractivity contribution < 1.29 is 9.53 Å². The number of piperidine rings is 2. The lowest BCUT2D eigenvalue weighted by molar-refractivity contribution is 0.00853. The number of likely N-dealkylation sites (tertiary alicyclic amines) is 1. The molecule has 1 saturated carbocycles. The summed E-state index contributed by atoms with van der Waals surface area (Å²) in [7, 11) is 0. The van der Waals surface area contributed by atoms with Crippen molar-refractivity contribution in [2.75, 3.05) is 6.54 Å². The summed E-state index contributed by atoms with van der Waals surface area (Å²) < 4.78 is 5.68. The summed E-state index contributed by atoms with van der Waals surface area (Å²) in [5.41, 5.74) is 6.02. The van der Waals surface area contributed by atoms with Gasteiger partial charge in [0.1, 0.15) is 17.2 Å². The zero-order chi connectivity index (χ0) is 28.8. The summed E-state index contributed by atoms with van der Waals surface area (Å²) in [4.78, 5) is 36.0. The van der Waals surface area contributed by atoms with Crippen LogP contribution in [0.2, 0.25) is 0 Å². The van der Waals surface area contributed by atoms with Gasteiger partial charge in [-0.2, -0.15) is 0 Å². The first-order chi connectivity index (χ1) is 20.3. The molecule has 3 aromatic rings. The highest BCUT2D eigenvalue weighted by atomic mass is 16.6. The topological polar surface area (TPSA) is 112 Å². The number of pyridine rings is 1. The monoisotopic (exact) mass is 567 g/mol. The maximum atomic E-state index is 12.9. The molecule has 0 radical (unpaired) electrons. The molecule has 220 valence electrons. The van der Waals surface area contributed by atoms with Gasteiger partial charge in [-0.15, -0.1) is 0 Å². The number of amides is 1. The number of imidazole rings is 2. The van der Waals surface area contributed by atoms with E-state index in [9.17, 15) is 4.79 Å². The average Bonchev–Trinajstić information content (AvgIpc) is 3.81. The zero-order valence-corrected chi connectivity index (χ0v) is 24.8. The average molecular weight is 568 g/mol. The number of aromatic nitrogens is 5. The summed E-state index contributed by atoms with van der Waals surface area (Å²) in [6, 6.07) is 5.18. The highest BCUT2D eigenvalue weighted by molar-refractivity contribution is 5.76. The van der Waals surface area contributed by atoms with Crippen molar-refractivity contribution in [3.63, 3.8) is 0 Å². The number of hydrogen-bond donors (Lipinski definition) is 3. The van der Waals surface area contributed by atoms with Crippen molar-refractivity contribution in [3.8, 4) is 11.3 Å². The normalized spacial score (nSPS) is 25.8. The Morgan fingerprint density at radius 3 is 2.40 bits per heavy atom. The first-order valence-electron chi connectivity index (χ1n) is 15.5. The number of allylic oxidation sites excluding steroid dienone is 4. The molecule has 1 amide bonds. The first-order valence-corrected chi connectivity index (χ1v) is 15.5. The number of H-pyrrole nitrogens is 2. The van der Waals surface area contributed by atoms with Crippen molar-refractivity contribution in [1.29, 1.82) is 0 Å². The van der Waals surface area contributed by atoms with Gasteiger partial charge >= 0.3 is 6.09 Å². The molecule has 3 aromatic heterocycles. The van der Waals surface area contributed by atoms with Gasteiger partial charge in [0.25, 0.3) is 0 Å². The molecule has 2 aliphatic heterocycles. The molecular formula is C33H41N7O2. The minimum absolute atomic E-state index is 0.0872. The van der Waals surface area contributed by atoms with Crippen LogP contribution < -0.4 is 5.32 Å². The Morgan fingerprint density at radius 2 is 1.69 bits per heavy atom. The molecule has 4 unspecified atom stereocenters. The second-order valence-corrected chi connectivity index (χ2v) is 13.3. The predicted octanol–water partition coefficient (Wildman–Crippen LogP) is 6.73. The fourth-order valence-electron chi connectivity index (χ4n) is 7.05. The smallest absolute Gasteiger partial charge is 0.410 e. The first kappa shape index (κ1) is 27.1. The van der Waals surface area contributed by atoms with Crippen LogP contribution in [0.5, 0.6) is 0 Å². The number of nitrogens with zero attached hydrogens (tertiary/aromatic N) is 4. The van der Waals surface area contributed by atoms with E-state index in [-0.39, 0.29) is 12.1 Å². The van der Waals surface area contributed by atoms with Crippen LogP contribution in [0.25, 0.3) is 22.4 Å². The highest BCUT2D eigenvalue weighted by Gasteiger charge is 2.41. The molecule has 5 heterocycles. The Hall–Kier alpha value is -3.72. The van der Waals surface area contributed by atoms with Gasteiger partial charge in [0.15, 0.2) is 0 Å². The van der Waals surface area contributed by atoms with E-state index in [1.54, 1.807) is 0 Å². The van der Waals surface area contributed by atoms with E-state index in [0.29, 0.717) is 24.5 Å². The van der Waals surface area contributed by atoms with Crippen LogP contribution in [-0.2, 0) is 4.74 Å². The number of carbonyl (C=O) groups excluding carboxylic acids is 1. The minimum Gasteiger partial charge on any atom is -0.444 e. The summed E-state index contributed by atoms with van der Waals surface area (Å²) in [6.45, 7) is 6.41. The predicted molar refractivity (Wildman–Crippen MR) is 162 cm³/mol. The fourth-order valence-corrected chi connectivity index (χ4v) is 7.05. The van der Waals surface area contributed by atoms with Crippen LogP contribution in [0, 0.1) is 5.92 Å². The largest absolute Gasteiger partial charge is 0.444 e. The van der Waals surface area contributed by atoms with E-state index >= 15 is 0 Å². The van der Waals surface area contributed by atoms with Gasteiger partial charge in [-0.3, -0.25) is 9.88 Å². The van der Waals surface area contributed by atoms with Gasteiger partial charge in [-0.05, 0) is 101 Å². The molecule has 4 atom stereocenters. The molecule has 0 spiro atoms. The Morgan fingerprint density at radius 1 is 0.905 bits per heavy atom. The summed E-state index contributed by atoms with van der Waals surface area (Å²) in [5.74, 6) is 2.59. The van der Waals surface area contributed by atoms with E-state index in [2.05, 4.69) is 39.6 Å². The molecule has 2 bridgehead atoms. The number of carbonyl (C=O) groups is 1. The lowest BCUT2D eigenvalue weighted by atomic mass is 9.94. The Balaban J connectivity index is 1.02. The van der Waals surface area contributed by atoms with Gasteiger partial charge in [0.2, 0.25) is 0 Å². The van der Waals surface area contributed by atoms with E-state index in [1.807, 2.05) is 44.3 Å². The Kier molecular flexibility index (Phi) is 7.00. The number of rotatable bonds is 5. The second kappa shape index (κ2) is 10.8. The maximum absolute atomic E-state index is 12.9. The third-order valence-corrected chi connectivity index (χ3v) is 9.19. The number of ether oxygens (including phenoxy) is 1. The molecule has 0 aromatic carbocycles. The van der Waals surface area contributed by atoms with Crippen LogP contribution in [-0.4, -0.2) is 54.1 Å². The van der Waals surface area contributed by atoms with Gasteiger partial charge in [-0.1, -0.05) is 12.2 Å². The molecule has 42 heavy (non-hydrogen) atoms. The van der Waals surface area contributed by atoms with Crippen molar-refractivity contribution >= 4 is 17.2 Å². The molecule has 4 aliphatic rings. The summed E-state index contributed by atoms with van der Waals surface area (Å²) in [6.07, 6.45) is 18.5. The fraction of sp³-hybridized carbons (Fsp3) is 0.515. The van der Waals surface area contributed by atoms with Gasteiger partial charge in [0.05, 0.1) is 41.6 Å². The maximum Gasteiger partial charge on any atom is 0.410 e. The number of fused-ring (bicyclic) bond motifs is 2. The lowest BCUT2D eigenvalue weighted by Crippen LogP contribution is -2.42. The molecule has 3 fully saturated rings. The standard InChI is InChI=1S/C33H41N7O2/c1-33(2,3)42-32(41)40-15-5-4-6-28(40)30-35-18-26(38-30)21-9-7-20(8-10-21)25-14-12-23(17-34-25)27-19-36-31(39-27)29-22-11-13-24(16-22)37-29/h7,9,12,14,17-19,22,24,28-29,37H,4-6,8,10-11,13,15-16H2,1-3H3,(H,35,38)(H,36,39). The third kappa shape index (κ3) is 5.42. The molecule has 7 rings (SSSR count). The van der Waals surface area contributed by atoms with Crippen LogP contribution in [0.1, 0.15) is 107 Å². The Bertz CT molecular complexity index is 1510. The van der Waals surface area contributed by atoms with Gasteiger partial charge in [0, 0.05) is 24.3 Å². The van der Waals surface area contributed by atoms with E-state index in [0.717, 1.165) is 66.4 Å². The van der Waals surface area contributed by atoms with Gasteiger partial charge < -0.3 is 20.0 Å². The van der Waals surface area contributed by atoms with Crippen LogP contribution in [0.3, 0.4) is 0 Å². The molecule has 9 heteroatoms. The van der Waals surface area contributed by atoms with Crippen LogP contribution in [0.15, 0.2) is 42.9 Å². The number of nitrogens with one attached hydrogen (secondary N) is 3. The van der Waals surface area contributed by atoms with Crippen molar-refractivity contribution in [1.82, 2.24) is 35.1 Å². The van der Waals surface area contributed by atoms with Crippen molar-refractivity contribution in [2.24, 2.45) is 5.92 Å². The molecule has 2 aliphatic carbocycles. The lowest BCUT2D eigenvalue weighted by Gasteiger charge is -2.35. The quantitative estimate of drug-likeness (QED) is 0.315. The number of aromatic amines is 2. The van der Waals surface area contributed by atoms with Crippen molar-refractivity contribution in [2.45, 2.75) is 95.9 Å². The molecule has 3 N–H and O–H groups in total. The van der Waals surface area contributed by atoms with Gasteiger partial charge in [-0.25, -0.2) is 14.8 Å². The van der Waals surface area contributed by atoms with Crippen molar-refractivity contribution in [3.05, 3.63) is 65.9 Å². The zero-order valence-electron chi connectivity index (χ0n) is 24.8. The minimum atomic E-state index is -0.519. The van der Waals surface area contributed by atoms with E-state index in [4.69, 9.17) is 19.7 Å². The van der Waals surface area contributed by atoms with Crippen LogP contribution >= 0.6 is 0 Å². The summed E-state index contributed by atoms with van der Waals surface area (Å²) >= 11 is 0. The Labute approximate surface area is 247 Å². The molecule has 9 nitrogen and oxygen atoms in total. The third-order valence-electron chi connectivity index (χ3n) is 9.19.